The summed E-state index contributed by atoms with van der Waals surface area (Å²) in [6.45, 7) is 3.59. The lowest BCUT2D eigenvalue weighted by molar-refractivity contribution is -0.115. The summed E-state index contributed by atoms with van der Waals surface area (Å²) in [6.07, 6.45) is 1.29. The Labute approximate surface area is 151 Å². The Morgan fingerprint density at radius 2 is 2.00 bits per heavy atom. The van der Waals surface area contributed by atoms with Gasteiger partial charge in [-0.15, -0.1) is 0 Å². The van der Waals surface area contributed by atoms with E-state index < -0.39 is 0 Å². The Hall–Kier alpha value is -1.50. The molecule has 0 radical (unpaired) electrons. The Kier molecular flexibility index (Phi) is 7.15. The van der Waals surface area contributed by atoms with Gasteiger partial charge in [-0.25, -0.2) is 4.79 Å². The standard InChI is InChI=1S/C16H21Cl2N3O3/c1-2-24-16(23)21-8-6-11(7-9-21)19-10-14(22)20-13-5-3-4-12(17)15(13)18/h3-5,11,19H,2,6-10H2,1H3,(H,20,22). The quantitative estimate of drug-likeness (QED) is 0.831. The molecule has 24 heavy (non-hydrogen) atoms. The molecule has 0 spiro atoms. The maximum absolute atomic E-state index is 12.0. The summed E-state index contributed by atoms with van der Waals surface area (Å²) in [4.78, 5) is 25.3. The molecule has 1 aromatic rings. The number of amides is 2. The molecule has 6 nitrogen and oxygen atoms in total. The number of nitrogens with one attached hydrogen (secondary N) is 2. The van der Waals surface area contributed by atoms with Crippen molar-refractivity contribution in [3.05, 3.63) is 28.2 Å². The van der Waals surface area contributed by atoms with E-state index in [0.29, 0.717) is 35.4 Å². The summed E-state index contributed by atoms with van der Waals surface area (Å²) in [5.41, 5.74) is 0.494. The second-order valence-electron chi connectivity index (χ2n) is 5.49. The van der Waals surface area contributed by atoms with E-state index in [4.69, 9.17) is 27.9 Å². The molecule has 1 saturated heterocycles. The van der Waals surface area contributed by atoms with Gasteiger partial charge in [-0.1, -0.05) is 29.3 Å². The van der Waals surface area contributed by atoms with Crippen molar-refractivity contribution < 1.29 is 14.3 Å². The van der Waals surface area contributed by atoms with Crippen LogP contribution in [0.5, 0.6) is 0 Å². The smallest absolute Gasteiger partial charge is 0.409 e. The Bertz CT molecular complexity index is 590. The maximum Gasteiger partial charge on any atom is 0.409 e. The largest absolute Gasteiger partial charge is 0.450 e. The topological polar surface area (TPSA) is 70.7 Å². The molecular weight excluding hydrogens is 353 g/mol. The third-order valence-electron chi connectivity index (χ3n) is 3.80. The molecule has 1 aliphatic heterocycles. The van der Waals surface area contributed by atoms with Gasteiger partial charge in [0.1, 0.15) is 0 Å². The molecule has 0 aliphatic carbocycles. The minimum Gasteiger partial charge on any atom is -0.450 e. The number of rotatable bonds is 5. The number of ether oxygens (including phenoxy) is 1. The third-order valence-corrected chi connectivity index (χ3v) is 4.62. The molecule has 1 heterocycles. The SMILES string of the molecule is CCOC(=O)N1CCC(NCC(=O)Nc2cccc(Cl)c2Cl)CC1. The van der Waals surface area contributed by atoms with Gasteiger partial charge in [0, 0.05) is 19.1 Å². The number of halogens is 2. The first-order valence-corrected chi connectivity index (χ1v) is 8.65. The summed E-state index contributed by atoms with van der Waals surface area (Å²) in [5.74, 6) is -0.188. The second-order valence-corrected chi connectivity index (χ2v) is 6.28. The summed E-state index contributed by atoms with van der Waals surface area (Å²) in [5, 5.41) is 6.66. The first-order valence-electron chi connectivity index (χ1n) is 7.90. The molecule has 2 amide bonds. The molecule has 1 fully saturated rings. The van der Waals surface area contributed by atoms with Crippen molar-refractivity contribution >= 4 is 40.9 Å². The van der Waals surface area contributed by atoms with Crippen LogP contribution < -0.4 is 10.6 Å². The normalized spacial score (nSPS) is 15.2. The lowest BCUT2D eigenvalue weighted by Crippen LogP contribution is -2.46. The number of anilines is 1. The van der Waals surface area contributed by atoms with Gasteiger partial charge in [-0.2, -0.15) is 0 Å². The van der Waals surface area contributed by atoms with Crippen LogP contribution >= 0.6 is 23.2 Å². The lowest BCUT2D eigenvalue weighted by Gasteiger charge is -2.31. The van der Waals surface area contributed by atoms with Crippen molar-refractivity contribution in [3.63, 3.8) is 0 Å². The highest BCUT2D eigenvalue weighted by Gasteiger charge is 2.23. The molecule has 2 rings (SSSR count). The highest BCUT2D eigenvalue weighted by atomic mass is 35.5. The van der Waals surface area contributed by atoms with E-state index in [1.807, 2.05) is 0 Å². The van der Waals surface area contributed by atoms with Gasteiger partial charge in [-0.05, 0) is 31.9 Å². The fourth-order valence-corrected chi connectivity index (χ4v) is 2.86. The van der Waals surface area contributed by atoms with Crippen LogP contribution in [-0.4, -0.2) is 49.2 Å². The molecule has 0 atom stereocenters. The summed E-state index contributed by atoms with van der Waals surface area (Å²) >= 11 is 12.0. The van der Waals surface area contributed by atoms with Gasteiger partial charge in [-0.3, -0.25) is 4.79 Å². The van der Waals surface area contributed by atoms with Gasteiger partial charge >= 0.3 is 6.09 Å². The average Bonchev–Trinajstić information content (AvgIpc) is 2.58. The number of hydrogen-bond acceptors (Lipinski definition) is 4. The monoisotopic (exact) mass is 373 g/mol. The second kappa shape index (κ2) is 9.11. The van der Waals surface area contributed by atoms with E-state index in [1.54, 1.807) is 30.0 Å². The zero-order chi connectivity index (χ0) is 17.5. The van der Waals surface area contributed by atoms with Crippen molar-refractivity contribution in [1.82, 2.24) is 10.2 Å². The Morgan fingerprint density at radius 3 is 2.67 bits per heavy atom. The highest BCUT2D eigenvalue weighted by molar-refractivity contribution is 6.43. The van der Waals surface area contributed by atoms with Crippen molar-refractivity contribution in [1.29, 1.82) is 0 Å². The number of piperidine rings is 1. The lowest BCUT2D eigenvalue weighted by atomic mass is 10.1. The van der Waals surface area contributed by atoms with Crippen LogP contribution in [0.25, 0.3) is 0 Å². The Morgan fingerprint density at radius 1 is 1.29 bits per heavy atom. The first-order chi connectivity index (χ1) is 11.5. The van der Waals surface area contributed by atoms with Crippen LogP contribution in [0.15, 0.2) is 18.2 Å². The van der Waals surface area contributed by atoms with Crippen molar-refractivity contribution in [2.24, 2.45) is 0 Å². The van der Waals surface area contributed by atoms with E-state index in [2.05, 4.69) is 10.6 Å². The van der Waals surface area contributed by atoms with Gasteiger partial charge < -0.3 is 20.3 Å². The minimum atomic E-state index is -0.274. The molecule has 132 valence electrons. The average molecular weight is 374 g/mol. The third kappa shape index (κ3) is 5.26. The molecule has 0 aromatic heterocycles. The van der Waals surface area contributed by atoms with Crippen LogP contribution in [0.2, 0.25) is 10.0 Å². The molecule has 8 heteroatoms. The first kappa shape index (κ1) is 18.8. The predicted octanol–water partition coefficient (Wildman–Crippen LogP) is 3.14. The van der Waals surface area contributed by atoms with E-state index in [9.17, 15) is 9.59 Å². The Balaban J connectivity index is 1.73. The summed E-state index contributed by atoms with van der Waals surface area (Å²) in [7, 11) is 0. The zero-order valence-electron chi connectivity index (χ0n) is 13.5. The number of likely N-dealkylation sites (tertiary alicyclic amines) is 1. The van der Waals surface area contributed by atoms with E-state index >= 15 is 0 Å². The summed E-state index contributed by atoms with van der Waals surface area (Å²) in [6, 6.07) is 5.28. The number of benzene rings is 1. The van der Waals surface area contributed by atoms with Crippen molar-refractivity contribution in [2.75, 3.05) is 31.6 Å². The zero-order valence-corrected chi connectivity index (χ0v) is 15.0. The van der Waals surface area contributed by atoms with Gasteiger partial charge in [0.25, 0.3) is 0 Å². The fourth-order valence-electron chi connectivity index (χ4n) is 2.51. The maximum atomic E-state index is 12.0. The van der Waals surface area contributed by atoms with Crippen molar-refractivity contribution in [3.8, 4) is 0 Å². The van der Waals surface area contributed by atoms with Crippen LogP contribution in [0.4, 0.5) is 10.5 Å². The van der Waals surface area contributed by atoms with Gasteiger partial charge in [0.05, 0.1) is 28.9 Å². The molecule has 0 unspecified atom stereocenters. The molecule has 2 N–H and O–H groups in total. The minimum absolute atomic E-state index is 0.174. The van der Waals surface area contributed by atoms with E-state index in [1.165, 1.54) is 0 Å². The molecule has 1 aliphatic rings. The van der Waals surface area contributed by atoms with E-state index in [-0.39, 0.29) is 24.6 Å². The number of hydrogen-bond donors (Lipinski definition) is 2. The van der Waals surface area contributed by atoms with Crippen LogP contribution in [0.1, 0.15) is 19.8 Å². The molecule has 1 aromatic carbocycles. The molecule has 0 saturated carbocycles. The van der Waals surface area contributed by atoms with Crippen LogP contribution in [0.3, 0.4) is 0 Å². The number of carbonyl (C=O) groups is 2. The van der Waals surface area contributed by atoms with Crippen LogP contribution in [0, 0.1) is 0 Å². The van der Waals surface area contributed by atoms with Crippen molar-refractivity contribution in [2.45, 2.75) is 25.8 Å². The predicted molar refractivity (Wildman–Crippen MR) is 94.7 cm³/mol. The highest BCUT2D eigenvalue weighted by Crippen LogP contribution is 2.29. The fraction of sp³-hybridized carbons (Fsp3) is 0.500. The van der Waals surface area contributed by atoms with Crippen LogP contribution in [-0.2, 0) is 9.53 Å². The molecular formula is C16H21Cl2N3O3. The van der Waals surface area contributed by atoms with Gasteiger partial charge in [0.2, 0.25) is 5.91 Å². The van der Waals surface area contributed by atoms with E-state index in [0.717, 1.165) is 12.8 Å². The van der Waals surface area contributed by atoms with Gasteiger partial charge in [0.15, 0.2) is 0 Å². The number of carbonyl (C=O) groups excluding carboxylic acids is 2. The summed E-state index contributed by atoms with van der Waals surface area (Å²) < 4.78 is 4.98. The number of nitrogens with zero attached hydrogens (tertiary/aromatic N) is 1. The molecule has 0 bridgehead atoms.